The first kappa shape index (κ1) is 17.6. The highest BCUT2D eigenvalue weighted by Crippen LogP contribution is 2.36. The molecule has 1 aliphatic rings. The Balaban J connectivity index is 1.65. The summed E-state index contributed by atoms with van der Waals surface area (Å²) in [6, 6.07) is 18.2. The molecule has 3 aromatic rings. The fourth-order valence-electron chi connectivity index (χ4n) is 3.02. The average molecular weight is 396 g/mol. The molecule has 3 aromatic carbocycles. The number of halogens is 1. The van der Waals surface area contributed by atoms with E-state index in [2.05, 4.69) is 0 Å². The highest BCUT2D eigenvalue weighted by atomic mass is 35.5. The molecule has 0 radical (unpaired) electrons. The minimum absolute atomic E-state index is 0.000234. The number of hydrogen-bond acceptors (Lipinski definition) is 4. The van der Waals surface area contributed by atoms with Crippen molar-refractivity contribution in [3.8, 4) is 5.75 Å². The number of imide groups is 1. The van der Waals surface area contributed by atoms with Gasteiger partial charge in [0.25, 0.3) is 11.1 Å². The maximum absolute atomic E-state index is 12.8. The predicted octanol–water partition coefficient (Wildman–Crippen LogP) is 5.44. The van der Waals surface area contributed by atoms with Gasteiger partial charge in [0.05, 0.1) is 11.4 Å². The molecule has 0 saturated carbocycles. The highest BCUT2D eigenvalue weighted by Gasteiger charge is 2.35. The van der Waals surface area contributed by atoms with E-state index < -0.39 is 0 Å². The molecular formula is C21H14ClNO3S. The molecular weight excluding hydrogens is 382 g/mol. The van der Waals surface area contributed by atoms with Gasteiger partial charge in [0, 0.05) is 10.6 Å². The van der Waals surface area contributed by atoms with Gasteiger partial charge in [-0.2, -0.15) is 0 Å². The number of phenols is 1. The zero-order valence-corrected chi connectivity index (χ0v) is 15.6. The Labute approximate surface area is 165 Å². The lowest BCUT2D eigenvalue weighted by Crippen LogP contribution is -2.27. The van der Waals surface area contributed by atoms with Crippen LogP contribution in [0.4, 0.5) is 4.79 Å². The number of rotatable bonds is 3. The van der Waals surface area contributed by atoms with E-state index in [1.165, 1.54) is 17.0 Å². The van der Waals surface area contributed by atoms with Crippen molar-refractivity contribution in [2.45, 2.75) is 6.54 Å². The van der Waals surface area contributed by atoms with Gasteiger partial charge in [-0.3, -0.25) is 14.5 Å². The zero-order valence-electron chi connectivity index (χ0n) is 14.1. The minimum Gasteiger partial charge on any atom is -0.507 e. The molecule has 0 unspecified atom stereocenters. The van der Waals surface area contributed by atoms with Crippen molar-refractivity contribution in [3.05, 3.63) is 81.7 Å². The van der Waals surface area contributed by atoms with Gasteiger partial charge < -0.3 is 5.11 Å². The van der Waals surface area contributed by atoms with Crippen LogP contribution in [-0.4, -0.2) is 21.2 Å². The third kappa shape index (κ3) is 3.44. The molecule has 4 nitrogen and oxygen atoms in total. The van der Waals surface area contributed by atoms with Crippen molar-refractivity contribution in [1.29, 1.82) is 0 Å². The normalized spacial score (nSPS) is 15.9. The molecule has 0 aromatic heterocycles. The number of benzene rings is 3. The third-order valence-corrected chi connectivity index (χ3v) is 5.50. The monoisotopic (exact) mass is 395 g/mol. The van der Waals surface area contributed by atoms with Crippen molar-refractivity contribution in [3.63, 3.8) is 0 Å². The molecule has 1 fully saturated rings. The molecule has 2 amide bonds. The fraction of sp³-hybridized carbons (Fsp3) is 0.0476. The summed E-state index contributed by atoms with van der Waals surface area (Å²) in [7, 11) is 0. The summed E-state index contributed by atoms with van der Waals surface area (Å²) in [5, 5.41) is 12.1. The first-order valence-corrected chi connectivity index (χ1v) is 9.43. The van der Waals surface area contributed by atoms with Gasteiger partial charge in [0.1, 0.15) is 5.75 Å². The Hall–Kier alpha value is -2.76. The lowest BCUT2D eigenvalue weighted by molar-refractivity contribution is -0.123. The van der Waals surface area contributed by atoms with Crippen LogP contribution in [0.5, 0.6) is 5.75 Å². The SMILES string of the molecule is O=C1S/C(=C/c2cc(Cl)ccc2O)C(=O)N1Cc1cccc2ccccc12. The van der Waals surface area contributed by atoms with Crippen molar-refractivity contribution in [2.24, 2.45) is 0 Å². The molecule has 4 rings (SSSR count). The molecule has 0 atom stereocenters. The molecule has 27 heavy (non-hydrogen) atoms. The molecule has 134 valence electrons. The molecule has 0 aliphatic carbocycles. The van der Waals surface area contributed by atoms with E-state index in [4.69, 9.17) is 11.6 Å². The van der Waals surface area contributed by atoms with Crippen LogP contribution in [0, 0.1) is 0 Å². The molecule has 1 saturated heterocycles. The number of carbonyl (C=O) groups is 2. The number of nitrogens with zero attached hydrogens (tertiary/aromatic N) is 1. The number of carbonyl (C=O) groups excluding carboxylic acids is 2. The summed E-state index contributed by atoms with van der Waals surface area (Å²) >= 11 is 6.81. The van der Waals surface area contributed by atoms with Gasteiger partial charge in [-0.15, -0.1) is 0 Å². The lowest BCUT2D eigenvalue weighted by Gasteiger charge is -2.14. The Morgan fingerprint density at radius 1 is 1.04 bits per heavy atom. The molecule has 1 N–H and O–H groups in total. The maximum atomic E-state index is 12.8. The summed E-state index contributed by atoms with van der Waals surface area (Å²) in [6.45, 7) is 0.199. The first-order chi connectivity index (χ1) is 13.0. The number of aromatic hydroxyl groups is 1. The van der Waals surface area contributed by atoms with Crippen LogP contribution < -0.4 is 0 Å². The second kappa shape index (κ2) is 7.10. The minimum atomic E-state index is -0.377. The molecule has 0 spiro atoms. The number of phenolic OH excluding ortho intramolecular Hbond substituents is 1. The van der Waals surface area contributed by atoms with E-state index in [-0.39, 0.29) is 28.3 Å². The Kier molecular flexibility index (Phi) is 4.64. The van der Waals surface area contributed by atoms with Crippen molar-refractivity contribution in [1.82, 2.24) is 4.90 Å². The van der Waals surface area contributed by atoms with Crippen LogP contribution in [0.1, 0.15) is 11.1 Å². The molecule has 1 heterocycles. The summed E-state index contributed by atoms with van der Waals surface area (Å²) in [5.41, 5.74) is 1.31. The van der Waals surface area contributed by atoms with Crippen molar-refractivity contribution < 1.29 is 14.7 Å². The Morgan fingerprint density at radius 2 is 1.81 bits per heavy atom. The molecule has 6 heteroatoms. The fourth-order valence-corrected chi connectivity index (χ4v) is 4.03. The van der Waals surface area contributed by atoms with Gasteiger partial charge in [0.2, 0.25) is 0 Å². The van der Waals surface area contributed by atoms with E-state index in [0.717, 1.165) is 28.1 Å². The van der Waals surface area contributed by atoms with Gasteiger partial charge >= 0.3 is 0 Å². The van der Waals surface area contributed by atoms with Crippen molar-refractivity contribution in [2.75, 3.05) is 0 Å². The first-order valence-electron chi connectivity index (χ1n) is 8.23. The van der Waals surface area contributed by atoms with Gasteiger partial charge in [-0.05, 0) is 52.4 Å². The van der Waals surface area contributed by atoms with E-state index >= 15 is 0 Å². The zero-order chi connectivity index (χ0) is 19.0. The van der Waals surface area contributed by atoms with E-state index in [9.17, 15) is 14.7 Å². The Bertz CT molecular complexity index is 1100. The topological polar surface area (TPSA) is 57.6 Å². The smallest absolute Gasteiger partial charge is 0.293 e. The van der Waals surface area contributed by atoms with Gasteiger partial charge in [-0.25, -0.2) is 0 Å². The largest absolute Gasteiger partial charge is 0.507 e. The van der Waals surface area contributed by atoms with Crippen LogP contribution >= 0.6 is 23.4 Å². The average Bonchev–Trinajstić information content (AvgIpc) is 2.92. The summed E-state index contributed by atoms with van der Waals surface area (Å²) < 4.78 is 0. The third-order valence-electron chi connectivity index (χ3n) is 4.36. The predicted molar refractivity (Wildman–Crippen MR) is 109 cm³/mol. The van der Waals surface area contributed by atoms with E-state index in [0.29, 0.717) is 10.6 Å². The lowest BCUT2D eigenvalue weighted by atomic mass is 10.0. The van der Waals surface area contributed by atoms with E-state index in [1.54, 1.807) is 12.1 Å². The van der Waals surface area contributed by atoms with Crippen molar-refractivity contribution >= 4 is 51.4 Å². The van der Waals surface area contributed by atoms with Gasteiger partial charge in [0.15, 0.2) is 0 Å². The van der Waals surface area contributed by atoms with Gasteiger partial charge in [-0.1, -0.05) is 54.1 Å². The van der Waals surface area contributed by atoms with Crippen LogP contribution in [-0.2, 0) is 11.3 Å². The van der Waals surface area contributed by atoms with E-state index in [1.807, 2.05) is 42.5 Å². The summed E-state index contributed by atoms with van der Waals surface area (Å²) in [4.78, 5) is 26.7. The van der Waals surface area contributed by atoms with Crippen LogP contribution in [0.25, 0.3) is 16.8 Å². The number of amides is 2. The summed E-state index contributed by atoms with van der Waals surface area (Å²) in [5.74, 6) is -0.377. The highest BCUT2D eigenvalue weighted by molar-refractivity contribution is 8.18. The maximum Gasteiger partial charge on any atom is 0.293 e. The number of hydrogen-bond donors (Lipinski definition) is 1. The second-order valence-corrected chi connectivity index (χ2v) is 7.54. The molecule has 0 bridgehead atoms. The van der Waals surface area contributed by atoms with Crippen LogP contribution in [0.15, 0.2) is 65.6 Å². The van der Waals surface area contributed by atoms with Crippen LogP contribution in [0.3, 0.4) is 0 Å². The number of fused-ring (bicyclic) bond motifs is 1. The standard InChI is InChI=1S/C21H14ClNO3S/c22-16-8-9-18(24)15(10-16)11-19-20(25)23(21(26)27-19)12-14-6-3-5-13-4-1-2-7-17(13)14/h1-11,24H,12H2/b19-11+. The molecule has 1 aliphatic heterocycles. The second-order valence-electron chi connectivity index (χ2n) is 6.11. The number of thioether (sulfide) groups is 1. The summed E-state index contributed by atoms with van der Waals surface area (Å²) in [6.07, 6.45) is 1.50. The Morgan fingerprint density at radius 3 is 2.67 bits per heavy atom. The van der Waals surface area contributed by atoms with Crippen LogP contribution in [0.2, 0.25) is 5.02 Å². The quantitative estimate of drug-likeness (QED) is 0.600.